The smallest absolute Gasteiger partial charge is 0.252 e. The monoisotopic (exact) mass is 316 g/mol. The lowest BCUT2D eigenvalue weighted by Crippen LogP contribution is -2.27. The number of carbonyl (C=O) groups is 1. The number of hydrogen-bond donors (Lipinski definition) is 1. The van der Waals surface area contributed by atoms with Crippen LogP contribution in [0.25, 0.3) is 0 Å². The van der Waals surface area contributed by atoms with Crippen molar-refractivity contribution in [2.45, 2.75) is 26.0 Å². The van der Waals surface area contributed by atoms with E-state index < -0.39 is 0 Å². The number of nitrogens with one attached hydrogen (secondary N) is 1. The van der Waals surface area contributed by atoms with Gasteiger partial charge in [0.15, 0.2) is 0 Å². The minimum absolute atomic E-state index is 0.0561. The van der Waals surface area contributed by atoms with Gasteiger partial charge in [0, 0.05) is 44.2 Å². The summed E-state index contributed by atoms with van der Waals surface area (Å²) < 4.78 is 12.9. The van der Waals surface area contributed by atoms with E-state index in [2.05, 4.69) is 15.3 Å². The summed E-state index contributed by atoms with van der Waals surface area (Å²) in [7, 11) is 0. The van der Waals surface area contributed by atoms with Crippen molar-refractivity contribution >= 4 is 5.91 Å². The number of pyridine rings is 1. The molecule has 1 N–H and O–H groups in total. The Labute approximate surface area is 134 Å². The number of carbonyl (C=O) groups excluding carboxylic acids is 1. The van der Waals surface area contributed by atoms with E-state index >= 15 is 0 Å². The molecule has 7 nitrogen and oxygen atoms in total. The van der Waals surface area contributed by atoms with Crippen LogP contribution in [-0.2, 0) is 11.3 Å². The van der Waals surface area contributed by atoms with E-state index in [0.29, 0.717) is 31.1 Å². The quantitative estimate of drug-likeness (QED) is 0.866. The van der Waals surface area contributed by atoms with Crippen LogP contribution in [0.2, 0.25) is 0 Å². The average molecular weight is 316 g/mol. The van der Waals surface area contributed by atoms with E-state index in [1.165, 1.54) is 6.20 Å². The first-order valence-electron chi connectivity index (χ1n) is 7.69. The van der Waals surface area contributed by atoms with Crippen molar-refractivity contribution in [2.75, 3.05) is 19.8 Å². The molecule has 1 fully saturated rings. The largest absolute Gasteiger partial charge is 0.472 e. The fourth-order valence-electron chi connectivity index (χ4n) is 2.39. The van der Waals surface area contributed by atoms with Crippen LogP contribution >= 0.6 is 0 Å². The Hall–Kier alpha value is -2.41. The van der Waals surface area contributed by atoms with Gasteiger partial charge < -0.3 is 19.4 Å². The van der Waals surface area contributed by atoms with E-state index in [1.54, 1.807) is 18.3 Å². The molecule has 2 aromatic heterocycles. The predicted octanol–water partition coefficient (Wildman–Crippen LogP) is 1.18. The molecule has 1 aliphatic rings. The maximum atomic E-state index is 12.1. The lowest BCUT2D eigenvalue weighted by Gasteiger charge is -2.11. The topological polar surface area (TPSA) is 78.3 Å². The molecule has 0 radical (unpaired) electrons. The summed E-state index contributed by atoms with van der Waals surface area (Å²) in [4.78, 5) is 20.4. The third-order valence-electron chi connectivity index (χ3n) is 3.74. The Morgan fingerprint density at radius 1 is 1.48 bits per heavy atom. The summed E-state index contributed by atoms with van der Waals surface area (Å²) in [6, 6.07) is 3.43. The molecule has 2 aromatic rings. The van der Waals surface area contributed by atoms with Gasteiger partial charge in [0.25, 0.3) is 5.91 Å². The van der Waals surface area contributed by atoms with Gasteiger partial charge in [-0.3, -0.25) is 4.79 Å². The van der Waals surface area contributed by atoms with Crippen molar-refractivity contribution in [1.29, 1.82) is 0 Å². The zero-order chi connectivity index (χ0) is 16.1. The second kappa shape index (κ2) is 7.23. The lowest BCUT2D eigenvalue weighted by molar-refractivity contribution is 0.0951. The SMILES string of the molecule is Cc1nccn1CCNC(=O)c1ccc(OC2CCOC2)nc1. The van der Waals surface area contributed by atoms with Gasteiger partial charge in [-0.05, 0) is 13.0 Å². The van der Waals surface area contributed by atoms with Crippen molar-refractivity contribution in [3.05, 3.63) is 42.1 Å². The Bertz CT molecular complexity index is 648. The first-order chi connectivity index (χ1) is 11.2. The number of ether oxygens (including phenoxy) is 2. The highest BCUT2D eigenvalue weighted by Gasteiger charge is 2.17. The molecule has 3 heterocycles. The zero-order valence-corrected chi connectivity index (χ0v) is 13.1. The zero-order valence-electron chi connectivity index (χ0n) is 13.1. The maximum Gasteiger partial charge on any atom is 0.252 e. The van der Waals surface area contributed by atoms with Gasteiger partial charge in [0.1, 0.15) is 11.9 Å². The molecule has 3 rings (SSSR count). The summed E-state index contributed by atoms with van der Waals surface area (Å²) in [6.07, 6.45) is 6.10. The normalized spacial score (nSPS) is 17.2. The van der Waals surface area contributed by atoms with Gasteiger partial charge in [0.05, 0.1) is 18.8 Å². The van der Waals surface area contributed by atoms with Gasteiger partial charge in [0.2, 0.25) is 5.88 Å². The van der Waals surface area contributed by atoms with E-state index in [0.717, 1.165) is 18.9 Å². The molecular weight excluding hydrogens is 296 g/mol. The molecule has 23 heavy (non-hydrogen) atoms. The maximum absolute atomic E-state index is 12.1. The fourth-order valence-corrected chi connectivity index (χ4v) is 2.39. The second-order valence-electron chi connectivity index (χ2n) is 5.41. The Morgan fingerprint density at radius 3 is 3.04 bits per heavy atom. The number of amides is 1. The number of aromatic nitrogens is 3. The van der Waals surface area contributed by atoms with Gasteiger partial charge in [-0.2, -0.15) is 0 Å². The first kappa shape index (κ1) is 15.5. The molecular formula is C16H20N4O3. The molecule has 7 heteroatoms. The van der Waals surface area contributed by atoms with Gasteiger partial charge >= 0.3 is 0 Å². The molecule has 1 saturated heterocycles. The van der Waals surface area contributed by atoms with Crippen LogP contribution in [0.15, 0.2) is 30.7 Å². The summed E-state index contributed by atoms with van der Waals surface area (Å²) in [6.45, 7) is 4.47. The minimum atomic E-state index is -0.147. The van der Waals surface area contributed by atoms with Crippen LogP contribution in [0.1, 0.15) is 22.6 Å². The molecule has 1 amide bonds. The van der Waals surface area contributed by atoms with Crippen LogP contribution in [0.3, 0.4) is 0 Å². The molecule has 1 aliphatic heterocycles. The summed E-state index contributed by atoms with van der Waals surface area (Å²) in [5.74, 6) is 1.30. The third kappa shape index (κ3) is 4.07. The summed E-state index contributed by atoms with van der Waals surface area (Å²) >= 11 is 0. The Morgan fingerprint density at radius 2 is 2.39 bits per heavy atom. The fraction of sp³-hybridized carbons (Fsp3) is 0.438. The molecule has 0 saturated carbocycles. The molecule has 0 bridgehead atoms. The summed E-state index contributed by atoms with van der Waals surface area (Å²) in [5, 5.41) is 2.87. The van der Waals surface area contributed by atoms with Crippen LogP contribution in [0, 0.1) is 6.92 Å². The van der Waals surface area contributed by atoms with E-state index in [9.17, 15) is 4.79 Å². The molecule has 1 unspecified atom stereocenters. The number of aryl methyl sites for hydroxylation is 1. The Kier molecular flexibility index (Phi) is 4.87. The highest BCUT2D eigenvalue weighted by molar-refractivity contribution is 5.93. The highest BCUT2D eigenvalue weighted by atomic mass is 16.5. The predicted molar refractivity (Wildman–Crippen MR) is 83.4 cm³/mol. The molecule has 0 aromatic carbocycles. The van der Waals surface area contributed by atoms with Crippen molar-refractivity contribution in [3.8, 4) is 5.88 Å². The standard InChI is InChI=1S/C16H20N4O3/c1-12-17-5-7-20(12)8-6-18-16(21)13-2-3-15(19-10-13)23-14-4-9-22-11-14/h2-3,5,7,10,14H,4,6,8-9,11H2,1H3,(H,18,21). The number of nitrogens with zero attached hydrogens (tertiary/aromatic N) is 3. The number of hydrogen-bond acceptors (Lipinski definition) is 5. The van der Waals surface area contributed by atoms with Crippen LogP contribution in [0.5, 0.6) is 5.88 Å². The number of rotatable bonds is 6. The van der Waals surface area contributed by atoms with Crippen molar-refractivity contribution < 1.29 is 14.3 Å². The average Bonchev–Trinajstić information content (AvgIpc) is 3.20. The van der Waals surface area contributed by atoms with Crippen LogP contribution in [0.4, 0.5) is 0 Å². The first-order valence-corrected chi connectivity index (χ1v) is 7.69. The molecule has 0 aliphatic carbocycles. The van der Waals surface area contributed by atoms with Crippen LogP contribution < -0.4 is 10.1 Å². The van der Waals surface area contributed by atoms with Crippen molar-refractivity contribution in [2.24, 2.45) is 0 Å². The molecule has 122 valence electrons. The third-order valence-corrected chi connectivity index (χ3v) is 3.74. The van der Waals surface area contributed by atoms with Gasteiger partial charge in [-0.1, -0.05) is 0 Å². The molecule has 1 atom stereocenters. The Balaban J connectivity index is 1.48. The highest BCUT2D eigenvalue weighted by Crippen LogP contribution is 2.14. The van der Waals surface area contributed by atoms with Crippen LogP contribution in [-0.4, -0.2) is 46.3 Å². The van der Waals surface area contributed by atoms with E-state index in [4.69, 9.17) is 9.47 Å². The minimum Gasteiger partial charge on any atom is -0.472 e. The second-order valence-corrected chi connectivity index (χ2v) is 5.41. The van der Waals surface area contributed by atoms with Crippen molar-refractivity contribution in [1.82, 2.24) is 19.9 Å². The van der Waals surface area contributed by atoms with Gasteiger partial charge in [-0.15, -0.1) is 0 Å². The molecule has 0 spiro atoms. The van der Waals surface area contributed by atoms with E-state index in [1.807, 2.05) is 17.7 Å². The lowest BCUT2D eigenvalue weighted by atomic mass is 10.2. The van der Waals surface area contributed by atoms with Crippen molar-refractivity contribution in [3.63, 3.8) is 0 Å². The van der Waals surface area contributed by atoms with E-state index in [-0.39, 0.29) is 12.0 Å². The van der Waals surface area contributed by atoms with Gasteiger partial charge in [-0.25, -0.2) is 9.97 Å². The summed E-state index contributed by atoms with van der Waals surface area (Å²) in [5.41, 5.74) is 0.516. The number of imidazole rings is 1.